The van der Waals surface area contributed by atoms with Crippen molar-refractivity contribution < 1.29 is 33.3 Å². The smallest absolute Gasteiger partial charge is 0.222 e. The summed E-state index contributed by atoms with van der Waals surface area (Å²) in [6.07, 6.45) is 0. The maximum absolute atomic E-state index is 8.49. The highest BCUT2D eigenvalue weighted by molar-refractivity contribution is 5.30. The molecule has 0 aliphatic carbocycles. The fourth-order valence-electron chi connectivity index (χ4n) is 1.85. The first-order valence-corrected chi connectivity index (χ1v) is 6.28. The molecule has 17 heavy (non-hydrogen) atoms. The number of aryl methyl sites for hydroxylation is 3. The van der Waals surface area contributed by atoms with Crippen LogP contribution in [-0.4, -0.2) is 0 Å². The maximum Gasteiger partial charge on any atom is 0.330 e. The molecule has 1 aromatic heterocycles. The zero-order chi connectivity index (χ0) is 13.8. The lowest BCUT2D eigenvalue weighted by Crippen LogP contribution is -2.68. The Bertz CT molecular complexity index is 342. The molecule has 1 rings (SSSR count). The van der Waals surface area contributed by atoms with Crippen LogP contribution >= 0.6 is 0 Å². The average Bonchev–Trinajstić information content (AvgIpc) is 1.95. The van der Waals surface area contributed by atoms with Crippen molar-refractivity contribution >= 4 is 0 Å². The van der Waals surface area contributed by atoms with Crippen LogP contribution in [0.4, 0.5) is 0 Å². The van der Waals surface area contributed by atoms with Gasteiger partial charge >= 0.3 is 11.5 Å². The Hall–Kier alpha value is -0.720. The van der Waals surface area contributed by atoms with Gasteiger partial charge in [-0.25, -0.2) is 23.1 Å². The van der Waals surface area contributed by atoms with Crippen LogP contribution in [0, 0.1) is 31.0 Å². The van der Waals surface area contributed by atoms with Crippen molar-refractivity contribution in [2.75, 3.05) is 0 Å². The molecule has 0 radical (unpaired) electrons. The molecule has 0 spiro atoms. The summed E-state index contributed by atoms with van der Waals surface area (Å²) in [5.74, 6) is 2.60. The normalized spacial score (nSPS) is 11.2. The van der Waals surface area contributed by atoms with Gasteiger partial charge in [0.05, 0.1) is 19.4 Å². The van der Waals surface area contributed by atoms with E-state index >= 15 is 0 Å². The standard InChI is InChI=1S/C11H17O.ClHO4/c1-7(2)11-8(3)6-9(4)12-10(11)5;2-1(3,4)5/h6-7H,1-5H3;(H,2,3,4,5)/q+1;/p-1. The Morgan fingerprint density at radius 2 is 1.47 bits per heavy atom. The molecule has 0 aliphatic heterocycles. The molecule has 0 fully saturated rings. The van der Waals surface area contributed by atoms with E-state index in [4.69, 9.17) is 23.1 Å². The highest BCUT2D eigenvalue weighted by Gasteiger charge is 2.17. The van der Waals surface area contributed by atoms with Crippen LogP contribution in [0.15, 0.2) is 10.5 Å². The molecule has 0 N–H and O–H groups in total. The van der Waals surface area contributed by atoms with Crippen molar-refractivity contribution in [1.29, 1.82) is 0 Å². The van der Waals surface area contributed by atoms with Crippen LogP contribution in [0.5, 0.6) is 0 Å². The highest BCUT2D eigenvalue weighted by atomic mass is 35.7. The predicted molar refractivity (Wildman–Crippen MR) is 51.4 cm³/mol. The Morgan fingerprint density at radius 3 is 1.76 bits per heavy atom. The van der Waals surface area contributed by atoms with Gasteiger partial charge < -0.3 is 0 Å². The van der Waals surface area contributed by atoms with Gasteiger partial charge in [0.1, 0.15) is 0 Å². The molecule has 0 bridgehead atoms. The Labute approximate surface area is 103 Å². The summed E-state index contributed by atoms with van der Waals surface area (Å²) in [5.41, 5.74) is 2.69. The molecule has 5 nitrogen and oxygen atoms in total. The zero-order valence-corrected chi connectivity index (χ0v) is 11.3. The van der Waals surface area contributed by atoms with Gasteiger partial charge in [-0.05, 0) is 18.4 Å². The molecule has 0 aromatic carbocycles. The fraction of sp³-hybridized carbons (Fsp3) is 0.545. The van der Waals surface area contributed by atoms with Gasteiger partial charge in [-0.15, -0.1) is 10.2 Å². The van der Waals surface area contributed by atoms with Crippen LogP contribution < -0.4 is 18.6 Å². The van der Waals surface area contributed by atoms with E-state index in [1.165, 1.54) is 11.1 Å². The molecular formula is C11H17ClO5. The minimum Gasteiger partial charge on any atom is -0.222 e. The third-order valence-corrected chi connectivity index (χ3v) is 2.12. The number of hydrogen-bond acceptors (Lipinski definition) is 4. The van der Waals surface area contributed by atoms with E-state index in [1.54, 1.807) is 0 Å². The SMILES string of the molecule is Cc1cc(C)c(C(C)C)c(C)[o+]1.[O-][Cl+3]([O-])([O-])[O-]. The Kier molecular flexibility index (Phi) is 6.01. The first-order valence-electron chi connectivity index (χ1n) is 5.05. The first-order chi connectivity index (χ1) is 7.52. The second kappa shape index (κ2) is 6.28. The Balaban J connectivity index is 0.000000437. The summed E-state index contributed by atoms with van der Waals surface area (Å²) in [4.78, 5) is 0. The molecule has 0 unspecified atom stereocenters. The summed E-state index contributed by atoms with van der Waals surface area (Å²) < 4.78 is 39.5. The lowest BCUT2D eigenvalue weighted by atomic mass is 9.98. The van der Waals surface area contributed by atoms with Gasteiger partial charge in [-0.3, -0.25) is 0 Å². The molecule has 0 amide bonds. The van der Waals surface area contributed by atoms with E-state index in [1.807, 2.05) is 13.8 Å². The molecule has 98 valence electrons. The van der Waals surface area contributed by atoms with Crippen molar-refractivity contribution in [2.45, 2.75) is 40.5 Å². The molecule has 1 aromatic rings. The van der Waals surface area contributed by atoms with Crippen LogP contribution in [0.3, 0.4) is 0 Å². The van der Waals surface area contributed by atoms with Crippen LogP contribution in [-0.2, 0) is 0 Å². The van der Waals surface area contributed by atoms with E-state index in [2.05, 4.69) is 26.8 Å². The minimum absolute atomic E-state index is 0.550. The van der Waals surface area contributed by atoms with Crippen molar-refractivity contribution in [1.82, 2.24) is 0 Å². The molecule has 1 heterocycles. The zero-order valence-electron chi connectivity index (χ0n) is 10.6. The molecule has 0 aliphatic rings. The van der Waals surface area contributed by atoms with E-state index in [9.17, 15) is 0 Å². The van der Waals surface area contributed by atoms with Gasteiger partial charge in [-0.1, -0.05) is 13.8 Å². The summed E-state index contributed by atoms with van der Waals surface area (Å²) in [6, 6.07) is 2.10. The second-order valence-electron chi connectivity index (χ2n) is 4.04. The summed E-state index contributed by atoms with van der Waals surface area (Å²) in [6.45, 7) is 10.6. The Morgan fingerprint density at radius 1 is 1.06 bits per heavy atom. The van der Waals surface area contributed by atoms with Gasteiger partial charge in [0, 0.05) is 6.07 Å². The van der Waals surface area contributed by atoms with Crippen LogP contribution in [0.1, 0.15) is 42.4 Å². The first kappa shape index (κ1) is 16.3. The number of halogens is 1. The molecule has 0 atom stereocenters. The highest BCUT2D eigenvalue weighted by Crippen LogP contribution is 2.23. The van der Waals surface area contributed by atoms with Crippen molar-refractivity contribution in [3.63, 3.8) is 0 Å². The van der Waals surface area contributed by atoms with E-state index in [0.717, 1.165) is 11.5 Å². The van der Waals surface area contributed by atoms with Crippen LogP contribution in [0.25, 0.3) is 0 Å². The minimum atomic E-state index is -4.94. The van der Waals surface area contributed by atoms with E-state index in [0.29, 0.717) is 5.92 Å². The summed E-state index contributed by atoms with van der Waals surface area (Å²) in [5, 5.41) is 0. The maximum atomic E-state index is 8.49. The van der Waals surface area contributed by atoms with Crippen molar-refractivity contribution in [2.24, 2.45) is 0 Å². The number of rotatable bonds is 1. The van der Waals surface area contributed by atoms with Gasteiger partial charge in [0.2, 0.25) is 0 Å². The quantitative estimate of drug-likeness (QED) is 0.596. The lowest BCUT2D eigenvalue weighted by molar-refractivity contribution is -2.00. The van der Waals surface area contributed by atoms with E-state index < -0.39 is 10.2 Å². The van der Waals surface area contributed by atoms with Gasteiger partial charge in [0.25, 0.3) is 0 Å². The van der Waals surface area contributed by atoms with Crippen molar-refractivity contribution in [3.05, 3.63) is 28.7 Å². The molecule has 0 saturated carbocycles. The van der Waals surface area contributed by atoms with Gasteiger partial charge in [-0.2, -0.15) is 0 Å². The summed E-state index contributed by atoms with van der Waals surface area (Å²) >= 11 is 0. The van der Waals surface area contributed by atoms with Gasteiger partial charge in [0.15, 0.2) is 0 Å². The molecular weight excluding hydrogens is 248 g/mol. The lowest BCUT2D eigenvalue weighted by Gasteiger charge is -2.17. The largest absolute Gasteiger partial charge is 0.330 e. The molecule has 6 heteroatoms. The van der Waals surface area contributed by atoms with Crippen molar-refractivity contribution in [3.8, 4) is 0 Å². The second-order valence-corrected chi connectivity index (χ2v) is 4.80. The topological polar surface area (TPSA) is 104 Å². The van der Waals surface area contributed by atoms with E-state index in [-0.39, 0.29) is 0 Å². The average molecular weight is 265 g/mol. The van der Waals surface area contributed by atoms with Crippen LogP contribution in [0.2, 0.25) is 0 Å². The predicted octanol–water partition coefficient (Wildman–Crippen LogP) is -1.15. The summed E-state index contributed by atoms with van der Waals surface area (Å²) in [7, 11) is -4.94. The number of hydrogen-bond donors (Lipinski definition) is 0. The fourth-order valence-corrected chi connectivity index (χ4v) is 1.85. The molecule has 0 saturated heterocycles. The monoisotopic (exact) mass is 264 g/mol. The third-order valence-electron chi connectivity index (χ3n) is 2.12. The third kappa shape index (κ3) is 7.25.